The van der Waals surface area contributed by atoms with Gasteiger partial charge in [-0.05, 0) is 12.1 Å². The van der Waals surface area contributed by atoms with E-state index in [2.05, 4.69) is 10.3 Å². The Morgan fingerprint density at radius 2 is 2.11 bits per heavy atom. The Hall–Kier alpha value is -2.30. The average molecular weight is 245 g/mol. The highest BCUT2D eigenvalue weighted by atomic mass is 19.1. The van der Waals surface area contributed by atoms with Crippen LogP contribution in [0.3, 0.4) is 0 Å². The molecule has 1 atom stereocenters. The molecule has 0 bridgehead atoms. The third-order valence-electron chi connectivity index (χ3n) is 2.80. The lowest BCUT2D eigenvalue weighted by Crippen LogP contribution is -2.46. The lowest BCUT2D eigenvalue weighted by atomic mass is 9.77. The van der Waals surface area contributed by atoms with Gasteiger partial charge in [-0.1, -0.05) is 24.3 Å². The van der Waals surface area contributed by atoms with Crippen LogP contribution in [0.5, 0.6) is 0 Å². The van der Waals surface area contributed by atoms with Crippen LogP contribution in [0.4, 0.5) is 4.39 Å². The summed E-state index contributed by atoms with van der Waals surface area (Å²) in [4.78, 5) is 27.5. The van der Waals surface area contributed by atoms with Gasteiger partial charge in [0.15, 0.2) is 5.41 Å². The van der Waals surface area contributed by atoms with Gasteiger partial charge in [-0.15, -0.1) is 0 Å². The van der Waals surface area contributed by atoms with E-state index in [0.717, 1.165) is 0 Å². The fourth-order valence-electron chi connectivity index (χ4n) is 1.91. The quantitative estimate of drug-likeness (QED) is 0.729. The van der Waals surface area contributed by atoms with Crippen molar-refractivity contribution < 1.29 is 14.0 Å². The molecule has 1 heterocycles. The molecule has 5 heteroatoms. The number of carbonyl (C=O) groups is 2. The summed E-state index contributed by atoms with van der Waals surface area (Å²) in [7, 11) is 1.27. The minimum Gasteiger partial charge on any atom is -0.271 e. The summed E-state index contributed by atoms with van der Waals surface area (Å²) in [6.07, 6.45) is 4.04. The number of rotatable bonds is 2. The first-order valence-electron chi connectivity index (χ1n) is 5.28. The second kappa shape index (κ2) is 4.52. The van der Waals surface area contributed by atoms with Gasteiger partial charge < -0.3 is 0 Å². The van der Waals surface area contributed by atoms with Crippen molar-refractivity contribution >= 4 is 18.0 Å². The minimum atomic E-state index is -1.77. The van der Waals surface area contributed by atoms with E-state index < -0.39 is 23.0 Å². The summed E-state index contributed by atoms with van der Waals surface area (Å²) < 4.78 is 13.9. The van der Waals surface area contributed by atoms with Crippen molar-refractivity contribution in [3.8, 4) is 0 Å². The molecule has 0 N–H and O–H groups in total. The number of dihydropyridines is 1. The zero-order valence-corrected chi connectivity index (χ0v) is 9.63. The summed E-state index contributed by atoms with van der Waals surface area (Å²) in [5, 5.41) is 3.50. The molecule has 0 aliphatic carbocycles. The molecule has 2 rings (SSSR count). The van der Waals surface area contributed by atoms with Gasteiger partial charge in [-0.25, -0.2) is 9.38 Å². The maximum atomic E-state index is 13.9. The van der Waals surface area contributed by atoms with Crippen LogP contribution < -0.4 is 5.32 Å². The van der Waals surface area contributed by atoms with Crippen molar-refractivity contribution in [1.29, 1.82) is 0 Å². The van der Waals surface area contributed by atoms with Gasteiger partial charge in [0, 0.05) is 18.8 Å². The van der Waals surface area contributed by atoms with Crippen molar-refractivity contribution in [2.24, 2.45) is 4.99 Å². The molecule has 0 saturated heterocycles. The van der Waals surface area contributed by atoms with Crippen molar-refractivity contribution in [2.45, 2.75) is 5.41 Å². The van der Waals surface area contributed by atoms with E-state index in [4.69, 9.17) is 0 Å². The molecule has 91 valence electrons. The van der Waals surface area contributed by atoms with Gasteiger partial charge in [0.05, 0.1) is 0 Å². The minimum absolute atomic E-state index is 0.0290. The van der Waals surface area contributed by atoms with Crippen LogP contribution in [0, 0.1) is 5.82 Å². The molecule has 1 unspecified atom stereocenters. The Kier molecular flexibility index (Phi) is 3.06. The van der Waals surface area contributed by atoms with Crippen molar-refractivity contribution in [3.63, 3.8) is 0 Å². The molecule has 0 aromatic heterocycles. The first-order chi connectivity index (χ1) is 8.63. The summed E-state index contributed by atoms with van der Waals surface area (Å²) in [6, 6.07) is 5.63. The first kappa shape index (κ1) is 12.2. The Morgan fingerprint density at radius 3 is 2.72 bits per heavy atom. The molecule has 1 aromatic carbocycles. The zero-order chi connectivity index (χ0) is 13.2. The van der Waals surface area contributed by atoms with E-state index in [0.29, 0.717) is 0 Å². The Morgan fingerprint density at radius 1 is 1.39 bits per heavy atom. The van der Waals surface area contributed by atoms with Crippen LogP contribution in [0.1, 0.15) is 5.56 Å². The van der Waals surface area contributed by atoms with E-state index in [1.165, 1.54) is 43.6 Å². The van der Waals surface area contributed by atoms with Crippen LogP contribution in [-0.4, -0.2) is 25.1 Å². The van der Waals surface area contributed by atoms with Crippen molar-refractivity contribution in [2.75, 3.05) is 7.05 Å². The standard InChI is InChI=1S/C13H10FN2O2/c1-15-11(17)13(7-4-8-16-12(13)18)9-5-2-3-6-10(9)14/h2-8H,1H3. The normalized spacial score (nSPS) is 22.0. The summed E-state index contributed by atoms with van der Waals surface area (Å²) in [6.45, 7) is 0. The van der Waals surface area contributed by atoms with E-state index in [9.17, 15) is 14.0 Å². The van der Waals surface area contributed by atoms with Gasteiger partial charge >= 0.3 is 0 Å². The molecule has 0 fully saturated rings. The third kappa shape index (κ3) is 1.64. The molecule has 1 aliphatic rings. The number of amides is 2. The predicted octanol–water partition coefficient (Wildman–Crippen LogP) is 0.992. The van der Waals surface area contributed by atoms with E-state index in [-0.39, 0.29) is 5.56 Å². The van der Waals surface area contributed by atoms with Crippen molar-refractivity contribution in [3.05, 3.63) is 47.8 Å². The number of hydrogen-bond donors (Lipinski definition) is 0. The topological polar surface area (TPSA) is 60.6 Å². The number of likely N-dealkylation sites (N-methyl/N-ethyl adjacent to an activating group) is 1. The smallest absolute Gasteiger partial charge is 0.269 e. The number of allylic oxidation sites excluding steroid dienone is 1. The predicted molar refractivity (Wildman–Crippen MR) is 63.8 cm³/mol. The first-order valence-corrected chi connectivity index (χ1v) is 5.28. The number of nitrogens with zero attached hydrogens (tertiary/aromatic N) is 2. The molecule has 18 heavy (non-hydrogen) atoms. The van der Waals surface area contributed by atoms with E-state index >= 15 is 0 Å². The van der Waals surface area contributed by atoms with Gasteiger partial charge in [-0.2, -0.15) is 0 Å². The van der Waals surface area contributed by atoms with Gasteiger partial charge in [0.25, 0.3) is 11.8 Å². The molecule has 1 radical (unpaired) electrons. The lowest BCUT2D eigenvalue weighted by molar-refractivity contribution is -0.133. The van der Waals surface area contributed by atoms with Gasteiger partial charge in [0.1, 0.15) is 5.82 Å². The molecule has 1 aromatic rings. The molecule has 1 aliphatic heterocycles. The third-order valence-corrected chi connectivity index (χ3v) is 2.80. The van der Waals surface area contributed by atoms with Gasteiger partial charge in [0.2, 0.25) is 0 Å². The zero-order valence-electron chi connectivity index (χ0n) is 9.63. The maximum absolute atomic E-state index is 13.9. The van der Waals surface area contributed by atoms with Gasteiger partial charge in [-0.3, -0.25) is 14.9 Å². The molecular weight excluding hydrogens is 235 g/mol. The SMILES string of the molecule is C[N]C(=O)C1(c2ccccc2F)C=CC=NC1=O. The number of carbonyl (C=O) groups excluding carboxylic acids is 2. The summed E-state index contributed by atoms with van der Waals surface area (Å²) >= 11 is 0. The fourth-order valence-corrected chi connectivity index (χ4v) is 1.91. The van der Waals surface area contributed by atoms with Crippen LogP contribution in [0.15, 0.2) is 41.4 Å². The Balaban J connectivity index is 2.68. The van der Waals surface area contributed by atoms with Crippen LogP contribution in [0.25, 0.3) is 0 Å². The van der Waals surface area contributed by atoms with Crippen LogP contribution in [-0.2, 0) is 15.0 Å². The largest absolute Gasteiger partial charge is 0.271 e. The molecule has 2 amide bonds. The molecule has 0 spiro atoms. The summed E-state index contributed by atoms with van der Waals surface area (Å²) in [5.74, 6) is -2.10. The highest BCUT2D eigenvalue weighted by Gasteiger charge is 2.47. The van der Waals surface area contributed by atoms with Crippen molar-refractivity contribution in [1.82, 2.24) is 5.32 Å². The lowest BCUT2D eigenvalue weighted by Gasteiger charge is -2.26. The highest BCUT2D eigenvalue weighted by Crippen LogP contribution is 2.31. The van der Waals surface area contributed by atoms with E-state index in [1.54, 1.807) is 6.07 Å². The Labute approximate surface area is 103 Å². The Bertz CT molecular complexity index is 566. The number of hydrogen-bond acceptors (Lipinski definition) is 2. The number of benzene rings is 1. The average Bonchev–Trinajstić information content (AvgIpc) is 2.39. The maximum Gasteiger partial charge on any atom is 0.269 e. The summed E-state index contributed by atoms with van der Waals surface area (Å²) in [5.41, 5.74) is -1.80. The second-order valence-corrected chi connectivity index (χ2v) is 3.76. The molecular formula is C13H10FN2O2. The molecule has 4 nitrogen and oxygen atoms in total. The van der Waals surface area contributed by atoms with E-state index in [1.807, 2.05) is 0 Å². The fraction of sp³-hybridized carbons (Fsp3) is 0.154. The van der Waals surface area contributed by atoms with Crippen LogP contribution >= 0.6 is 0 Å². The number of aliphatic imine (C=N–C) groups is 1. The second-order valence-electron chi connectivity index (χ2n) is 3.76. The van der Waals surface area contributed by atoms with Crippen LogP contribution in [0.2, 0.25) is 0 Å². The monoisotopic (exact) mass is 245 g/mol. The molecule has 0 saturated carbocycles. The number of halogens is 1. The highest BCUT2D eigenvalue weighted by molar-refractivity contribution is 6.16.